The summed E-state index contributed by atoms with van der Waals surface area (Å²) in [6, 6.07) is 5.24. The van der Waals surface area contributed by atoms with Gasteiger partial charge in [-0.3, -0.25) is 15.2 Å². The lowest BCUT2D eigenvalue weighted by atomic mass is 10.1. The number of H-pyrrole nitrogens is 1. The molecule has 0 bridgehead atoms. The van der Waals surface area contributed by atoms with Crippen LogP contribution in [0.3, 0.4) is 0 Å². The first-order valence-corrected chi connectivity index (χ1v) is 6.52. The number of benzene rings is 1. The average molecular weight is 325 g/mol. The topological polar surface area (TPSA) is 83.8 Å². The van der Waals surface area contributed by atoms with Crippen molar-refractivity contribution in [3.05, 3.63) is 56.3 Å². The number of nitro groups is 1. The molecular formula is C12H13BrN4O2. The second kappa shape index (κ2) is 5.94. The number of aromatic amines is 1. The van der Waals surface area contributed by atoms with Crippen LogP contribution in [0.5, 0.6) is 0 Å². The van der Waals surface area contributed by atoms with Gasteiger partial charge in [0.2, 0.25) is 0 Å². The molecule has 2 aromatic rings. The molecule has 100 valence electrons. The molecule has 1 heterocycles. The first-order chi connectivity index (χ1) is 9.08. The maximum absolute atomic E-state index is 10.8. The third-order valence-corrected chi connectivity index (χ3v) is 3.51. The largest absolute Gasteiger partial charge is 0.306 e. The summed E-state index contributed by atoms with van der Waals surface area (Å²) in [4.78, 5) is 10.4. The third kappa shape index (κ3) is 3.39. The predicted molar refractivity (Wildman–Crippen MR) is 74.6 cm³/mol. The molecular weight excluding hydrogens is 312 g/mol. The minimum absolute atomic E-state index is 0.0789. The Balaban J connectivity index is 2.04. The molecule has 1 unspecified atom stereocenters. The standard InChI is InChI=1S/C12H13BrN4O2/c1-8(10-6-15-16-7-10)14-5-9-2-3-11(13)12(4-9)17(18)19/h2-4,6-8,14H,5H2,1H3,(H,15,16). The van der Waals surface area contributed by atoms with Crippen LogP contribution in [-0.4, -0.2) is 15.1 Å². The molecule has 0 amide bonds. The Hall–Kier alpha value is -1.73. The lowest BCUT2D eigenvalue weighted by Crippen LogP contribution is -2.17. The van der Waals surface area contributed by atoms with Crippen LogP contribution in [0.15, 0.2) is 35.1 Å². The van der Waals surface area contributed by atoms with Crippen molar-refractivity contribution in [3.8, 4) is 0 Å². The Morgan fingerprint density at radius 1 is 1.58 bits per heavy atom. The maximum atomic E-state index is 10.8. The zero-order chi connectivity index (χ0) is 13.8. The van der Waals surface area contributed by atoms with E-state index in [1.54, 1.807) is 18.3 Å². The Morgan fingerprint density at radius 2 is 2.37 bits per heavy atom. The number of hydrogen-bond acceptors (Lipinski definition) is 4. The summed E-state index contributed by atoms with van der Waals surface area (Å²) < 4.78 is 0.490. The van der Waals surface area contributed by atoms with E-state index in [1.807, 2.05) is 19.2 Å². The number of aromatic nitrogens is 2. The molecule has 0 saturated carbocycles. The number of nitro benzene ring substituents is 1. The summed E-state index contributed by atoms with van der Waals surface area (Å²) in [5.74, 6) is 0. The Morgan fingerprint density at radius 3 is 3.00 bits per heavy atom. The fourth-order valence-electron chi connectivity index (χ4n) is 1.69. The first-order valence-electron chi connectivity index (χ1n) is 5.73. The van der Waals surface area contributed by atoms with E-state index in [0.29, 0.717) is 11.0 Å². The highest BCUT2D eigenvalue weighted by Crippen LogP contribution is 2.25. The van der Waals surface area contributed by atoms with E-state index < -0.39 is 4.92 Å². The van der Waals surface area contributed by atoms with Crippen LogP contribution in [0.1, 0.15) is 24.1 Å². The fraction of sp³-hybridized carbons (Fsp3) is 0.250. The van der Waals surface area contributed by atoms with Gasteiger partial charge in [-0.15, -0.1) is 0 Å². The third-order valence-electron chi connectivity index (χ3n) is 2.84. The molecule has 0 spiro atoms. The normalized spacial score (nSPS) is 12.3. The van der Waals surface area contributed by atoms with Crippen LogP contribution in [0.25, 0.3) is 0 Å². The highest BCUT2D eigenvalue weighted by molar-refractivity contribution is 9.10. The van der Waals surface area contributed by atoms with E-state index in [1.165, 1.54) is 0 Å². The van der Waals surface area contributed by atoms with Crippen molar-refractivity contribution in [1.29, 1.82) is 0 Å². The van der Waals surface area contributed by atoms with Gasteiger partial charge in [-0.1, -0.05) is 6.07 Å². The zero-order valence-electron chi connectivity index (χ0n) is 10.3. The van der Waals surface area contributed by atoms with E-state index in [2.05, 4.69) is 31.4 Å². The van der Waals surface area contributed by atoms with Crippen LogP contribution in [0, 0.1) is 10.1 Å². The molecule has 1 aromatic heterocycles. The van der Waals surface area contributed by atoms with Gasteiger partial charge in [-0.2, -0.15) is 5.10 Å². The van der Waals surface area contributed by atoms with E-state index in [4.69, 9.17) is 0 Å². The number of halogens is 1. The van der Waals surface area contributed by atoms with E-state index in [0.717, 1.165) is 11.1 Å². The van der Waals surface area contributed by atoms with Crippen molar-refractivity contribution in [3.63, 3.8) is 0 Å². The van der Waals surface area contributed by atoms with Crippen LogP contribution >= 0.6 is 15.9 Å². The second-order valence-electron chi connectivity index (χ2n) is 4.18. The lowest BCUT2D eigenvalue weighted by Gasteiger charge is -2.11. The summed E-state index contributed by atoms with van der Waals surface area (Å²) in [6.07, 6.45) is 3.57. The summed E-state index contributed by atoms with van der Waals surface area (Å²) in [6.45, 7) is 2.57. The van der Waals surface area contributed by atoms with E-state index in [-0.39, 0.29) is 11.7 Å². The zero-order valence-corrected chi connectivity index (χ0v) is 11.8. The molecule has 1 atom stereocenters. The van der Waals surface area contributed by atoms with Gasteiger partial charge in [0.05, 0.1) is 15.6 Å². The van der Waals surface area contributed by atoms with Crippen molar-refractivity contribution in [2.24, 2.45) is 0 Å². The number of rotatable bonds is 5. The molecule has 0 aliphatic heterocycles. The van der Waals surface area contributed by atoms with Gasteiger partial charge in [-0.05, 0) is 34.5 Å². The molecule has 6 nitrogen and oxygen atoms in total. The minimum Gasteiger partial charge on any atom is -0.306 e. The van der Waals surface area contributed by atoms with Gasteiger partial charge in [0.15, 0.2) is 0 Å². The van der Waals surface area contributed by atoms with Crippen LogP contribution < -0.4 is 5.32 Å². The van der Waals surface area contributed by atoms with Gasteiger partial charge in [0.25, 0.3) is 5.69 Å². The smallest absolute Gasteiger partial charge is 0.283 e. The van der Waals surface area contributed by atoms with Crippen LogP contribution in [-0.2, 0) is 6.54 Å². The summed E-state index contributed by atoms with van der Waals surface area (Å²) >= 11 is 3.17. The number of hydrogen-bond donors (Lipinski definition) is 2. The molecule has 0 aliphatic carbocycles. The first kappa shape index (κ1) is 13.7. The molecule has 1 aromatic carbocycles. The SMILES string of the molecule is CC(NCc1ccc(Br)c([N+](=O)[O-])c1)c1cn[nH]c1. The molecule has 2 N–H and O–H groups in total. The molecule has 0 fully saturated rings. The summed E-state index contributed by atoms with van der Waals surface area (Å²) in [5.41, 5.74) is 1.99. The minimum atomic E-state index is -0.396. The summed E-state index contributed by atoms with van der Waals surface area (Å²) in [7, 11) is 0. The monoisotopic (exact) mass is 324 g/mol. The number of nitrogens with zero attached hydrogens (tertiary/aromatic N) is 2. The van der Waals surface area contributed by atoms with Crippen molar-refractivity contribution in [1.82, 2.24) is 15.5 Å². The van der Waals surface area contributed by atoms with Crippen molar-refractivity contribution in [2.75, 3.05) is 0 Å². The van der Waals surface area contributed by atoms with Gasteiger partial charge in [-0.25, -0.2) is 0 Å². The molecule has 0 radical (unpaired) electrons. The maximum Gasteiger partial charge on any atom is 0.283 e. The fourth-order valence-corrected chi connectivity index (χ4v) is 2.09. The Kier molecular flexibility index (Phi) is 4.28. The molecule has 19 heavy (non-hydrogen) atoms. The van der Waals surface area contributed by atoms with Crippen LogP contribution in [0.2, 0.25) is 0 Å². The average Bonchev–Trinajstić information content (AvgIpc) is 2.91. The quantitative estimate of drug-likeness (QED) is 0.654. The van der Waals surface area contributed by atoms with Crippen molar-refractivity contribution in [2.45, 2.75) is 19.5 Å². The molecule has 7 heteroatoms. The Bertz CT molecular complexity index is 571. The lowest BCUT2D eigenvalue weighted by molar-refractivity contribution is -0.385. The van der Waals surface area contributed by atoms with Gasteiger partial charge in [0.1, 0.15) is 0 Å². The molecule has 0 saturated heterocycles. The van der Waals surface area contributed by atoms with Gasteiger partial charge < -0.3 is 5.32 Å². The molecule has 0 aliphatic rings. The number of nitrogens with one attached hydrogen (secondary N) is 2. The predicted octanol–water partition coefficient (Wildman–Crippen LogP) is 2.93. The van der Waals surface area contributed by atoms with Gasteiger partial charge in [0, 0.05) is 30.4 Å². The molecule has 2 rings (SSSR count). The van der Waals surface area contributed by atoms with Crippen molar-refractivity contribution < 1.29 is 4.92 Å². The van der Waals surface area contributed by atoms with E-state index in [9.17, 15) is 10.1 Å². The highest BCUT2D eigenvalue weighted by atomic mass is 79.9. The van der Waals surface area contributed by atoms with Gasteiger partial charge >= 0.3 is 0 Å². The summed E-state index contributed by atoms with van der Waals surface area (Å²) in [5, 5.41) is 20.8. The van der Waals surface area contributed by atoms with Crippen LogP contribution in [0.4, 0.5) is 5.69 Å². The highest BCUT2D eigenvalue weighted by Gasteiger charge is 2.13. The Labute approximate surface area is 118 Å². The second-order valence-corrected chi connectivity index (χ2v) is 5.03. The van der Waals surface area contributed by atoms with Crippen molar-refractivity contribution >= 4 is 21.6 Å². The van der Waals surface area contributed by atoms with E-state index >= 15 is 0 Å².